The molecule has 0 spiro atoms. The molecule has 2 unspecified atom stereocenters. The van der Waals surface area contributed by atoms with Crippen molar-refractivity contribution in [3.05, 3.63) is 0 Å². The number of nitrogens with one attached hydrogen (secondary N) is 1. The van der Waals surface area contributed by atoms with Crippen molar-refractivity contribution in [1.29, 1.82) is 0 Å². The molecule has 0 saturated carbocycles. The summed E-state index contributed by atoms with van der Waals surface area (Å²) in [4.78, 5) is 29.3. The molecular formula is C19H38N4O2. The molecule has 0 bridgehead atoms. The van der Waals surface area contributed by atoms with E-state index in [2.05, 4.69) is 47.8 Å². The third-order valence-corrected chi connectivity index (χ3v) is 5.56. The molecule has 146 valence electrons. The normalized spacial score (nSPS) is 23.8. The molecule has 0 aromatic heterocycles. The van der Waals surface area contributed by atoms with E-state index >= 15 is 0 Å². The van der Waals surface area contributed by atoms with Crippen molar-refractivity contribution in [2.45, 2.75) is 51.6 Å². The lowest BCUT2D eigenvalue weighted by molar-refractivity contribution is -0.113. The van der Waals surface area contributed by atoms with Gasteiger partial charge in [-0.2, -0.15) is 0 Å². The van der Waals surface area contributed by atoms with Gasteiger partial charge in [-0.25, -0.2) is 0 Å². The Morgan fingerprint density at radius 2 is 1.96 bits per heavy atom. The van der Waals surface area contributed by atoms with Crippen LogP contribution in [0.15, 0.2) is 0 Å². The third kappa shape index (κ3) is 6.35. The second-order valence-electron chi connectivity index (χ2n) is 7.87. The minimum Gasteiger partial charge on any atom is -0.359 e. The molecule has 1 aliphatic heterocycles. The van der Waals surface area contributed by atoms with E-state index in [-0.39, 0.29) is 11.6 Å². The minimum atomic E-state index is -0.0360. The van der Waals surface area contributed by atoms with Gasteiger partial charge in [-0.15, -0.1) is 0 Å². The van der Waals surface area contributed by atoms with Gasteiger partial charge in [-0.1, -0.05) is 20.8 Å². The molecule has 0 aliphatic carbocycles. The van der Waals surface area contributed by atoms with E-state index in [9.17, 15) is 9.59 Å². The van der Waals surface area contributed by atoms with Gasteiger partial charge in [0.15, 0.2) is 0 Å². The monoisotopic (exact) mass is 354 g/mol. The second-order valence-corrected chi connectivity index (χ2v) is 7.87. The van der Waals surface area contributed by atoms with Crippen LogP contribution in [0, 0.1) is 5.92 Å². The number of carbonyl (C=O) groups is 2. The zero-order chi connectivity index (χ0) is 18.9. The van der Waals surface area contributed by atoms with Crippen molar-refractivity contribution in [1.82, 2.24) is 20.0 Å². The summed E-state index contributed by atoms with van der Waals surface area (Å²) in [6, 6.07) is -0.0360. The highest BCUT2D eigenvalue weighted by Crippen LogP contribution is 2.29. The zero-order valence-electron chi connectivity index (χ0n) is 16.8. The Kier molecular flexibility index (Phi) is 9.61. The Bertz CT molecular complexity index is 405. The van der Waals surface area contributed by atoms with Gasteiger partial charge < -0.3 is 15.0 Å². The van der Waals surface area contributed by atoms with Gasteiger partial charge in [0.05, 0.1) is 6.04 Å². The molecule has 1 saturated heterocycles. The molecule has 0 radical (unpaired) electrons. The molecule has 1 N–H and O–H groups in total. The van der Waals surface area contributed by atoms with Crippen molar-refractivity contribution < 1.29 is 9.59 Å². The molecule has 1 heterocycles. The average molecular weight is 355 g/mol. The van der Waals surface area contributed by atoms with Gasteiger partial charge in [-0.3, -0.25) is 14.6 Å². The predicted octanol–water partition coefficient (Wildman–Crippen LogP) is 1.06. The molecule has 0 aromatic rings. The lowest BCUT2D eigenvalue weighted by Gasteiger charge is -2.51. The topological polar surface area (TPSA) is 55.9 Å². The van der Waals surface area contributed by atoms with Crippen molar-refractivity contribution >= 4 is 12.7 Å². The van der Waals surface area contributed by atoms with Crippen LogP contribution in [0.5, 0.6) is 0 Å². The highest BCUT2D eigenvalue weighted by Gasteiger charge is 2.40. The van der Waals surface area contributed by atoms with Crippen LogP contribution >= 0.6 is 0 Å². The molecule has 2 atom stereocenters. The summed E-state index contributed by atoms with van der Waals surface area (Å²) in [7, 11) is 4.23. The largest absolute Gasteiger partial charge is 0.359 e. The van der Waals surface area contributed by atoms with Crippen molar-refractivity contribution in [2.75, 3.05) is 53.4 Å². The maximum Gasteiger partial charge on any atom is 0.207 e. The SMILES string of the molecule is CCCN1CCN(C)CC1(CCNC=O)CCN(C)C(C=O)C(C)C. The molecular weight excluding hydrogens is 316 g/mol. The number of rotatable bonds is 12. The molecule has 25 heavy (non-hydrogen) atoms. The Hall–Kier alpha value is -0.980. The van der Waals surface area contributed by atoms with E-state index in [0.717, 1.165) is 64.7 Å². The first-order valence-electron chi connectivity index (χ1n) is 9.66. The fourth-order valence-corrected chi connectivity index (χ4v) is 4.10. The number of nitrogens with zero attached hydrogens (tertiary/aromatic N) is 3. The van der Waals surface area contributed by atoms with Gasteiger partial charge in [0.1, 0.15) is 6.29 Å². The standard InChI is InChI=1S/C19H38N4O2/c1-6-10-23-13-12-21(4)15-19(23,7-9-20-16-25)8-11-22(5)18(14-24)17(2)3/h14,16-18H,6-13,15H2,1-5H3,(H,20,25). The van der Waals surface area contributed by atoms with Crippen LogP contribution in [0.4, 0.5) is 0 Å². The Morgan fingerprint density at radius 1 is 1.24 bits per heavy atom. The van der Waals surface area contributed by atoms with Gasteiger partial charge in [0, 0.05) is 38.3 Å². The Balaban J connectivity index is 2.88. The number of piperazine rings is 1. The molecule has 1 fully saturated rings. The zero-order valence-corrected chi connectivity index (χ0v) is 16.8. The number of carbonyl (C=O) groups excluding carboxylic acids is 2. The van der Waals surface area contributed by atoms with Crippen LogP contribution < -0.4 is 5.32 Å². The highest BCUT2D eigenvalue weighted by molar-refractivity contribution is 5.57. The lowest BCUT2D eigenvalue weighted by atomic mass is 9.85. The first kappa shape index (κ1) is 22.1. The fourth-order valence-electron chi connectivity index (χ4n) is 4.10. The van der Waals surface area contributed by atoms with E-state index < -0.39 is 0 Å². The van der Waals surface area contributed by atoms with E-state index in [4.69, 9.17) is 0 Å². The average Bonchev–Trinajstić information content (AvgIpc) is 2.56. The predicted molar refractivity (Wildman–Crippen MR) is 103 cm³/mol. The number of hydrogen-bond donors (Lipinski definition) is 1. The van der Waals surface area contributed by atoms with E-state index in [1.807, 2.05) is 7.05 Å². The first-order chi connectivity index (χ1) is 11.9. The minimum absolute atomic E-state index is 0.0360. The maximum atomic E-state index is 11.4. The Labute approximate surface area is 153 Å². The summed E-state index contributed by atoms with van der Waals surface area (Å²) in [6.45, 7) is 12.2. The highest BCUT2D eigenvalue weighted by atomic mass is 16.1. The summed E-state index contributed by atoms with van der Waals surface area (Å²) in [5, 5.41) is 2.84. The summed E-state index contributed by atoms with van der Waals surface area (Å²) >= 11 is 0. The van der Waals surface area contributed by atoms with Gasteiger partial charge in [0.2, 0.25) is 6.41 Å². The summed E-state index contributed by atoms with van der Waals surface area (Å²) < 4.78 is 0. The summed E-state index contributed by atoms with van der Waals surface area (Å²) in [5.74, 6) is 0.316. The molecule has 1 amide bonds. The van der Waals surface area contributed by atoms with Crippen molar-refractivity contribution in [3.8, 4) is 0 Å². The van der Waals surface area contributed by atoms with Gasteiger partial charge in [-0.05, 0) is 45.8 Å². The summed E-state index contributed by atoms with van der Waals surface area (Å²) in [5.41, 5.74) is 0.0533. The number of likely N-dealkylation sites (N-methyl/N-ethyl adjacent to an activating group) is 2. The van der Waals surface area contributed by atoms with Crippen LogP contribution in [0.1, 0.15) is 40.0 Å². The van der Waals surface area contributed by atoms with Crippen LogP contribution in [0.25, 0.3) is 0 Å². The molecule has 6 nitrogen and oxygen atoms in total. The number of amides is 1. The number of hydrogen-bond acceptors (Lipinski definition) is 5. The molecule has 1 aliphatic rings. The van der Waals surface area contributed by atoms with E-state index in [1.54, 1.807) is 0 Å². The van der Waals surface area contributed by atoms with Crippen LogP contribution in [-0.4, -0.2) is 92.3 Å². The van der Waals surface area contributed by atoms with Gasteiger partial charge >= 0.3 is 0 Å². The third-order valence-electron chi connectivity index (χ3n) is 5.56. The second kappa shape index (κ2) is 10.9. The lowest BCUT2D eigenvalue weighted by Crippen LogP contribution is -2.63. The van der Waals surface area contributed by atoms with Crippen LogP contribution in [-0.2, 0) is 9.59 Å². The van der Waals surface area contributed by atoms with Crippen molar-refractivity contribution in [3.63, 3.8) is 0 Å². The van der Waals surface area contributed by atoms with Crippen LogP contribution in [0.2, 0.25) is 0 Å². The van der Waals surface area contributed by atoms with E-state index in [0.29, 0.717) is 12.5 Å². The quantitative estimate of drug-likeness (QED) is 0.420. The Morgan fingerprint density at radius 3 is 2.52 bits per heavy atom. The summed E-state index contributed by atoms with van der Waals surface area (Å²) in [6.07, 6.45) is 4.94. The maximum absolute atomic E-state index is 11.4. The van der Waals surface area contributed by atoms with Crippen LogP contribution in [0.3, 0.4) is 0 Å². The van der Waals surface area contributed by atoms with E-state index in [1.165, 1.54) is 0 Å². The molecule has 6 heteroatoms. The van der Waals surface area contributed by atoms with Gasteiger partial charge in [0.25, 0.3) is 0 Å². The molecule has 0 aromatic carbocycles. The fraction of sp³-hybridized carbons (Fsp3) is 0.895. The molecule has 1 rings (SSSR count). The smallest absolute Gasteiger partial charge is 0.207 e. The number of aldehydes is 1. The van der Waals surface area contributed by atoms with Crippen molar-refractivity contribution in [2.24, 2.45) is 5.92 Å². The first-order valence-corrected chi connectivity index (χ1v) is 9.66.